The van der Waals surface area contributed by atoms with Gasteiger partial charge in [-0.3, -0.25) is 4.90 Å². The SMILES string of the molecule is Cn1nnn(-c2cc(Nc3ncc(F)c(N[C@@H]4C[C@@H]5CCCN5C(C)(C)C4)n3)c(F)cc2OCC(O)CO)c1=O. The van der Waals surface area contributed by atoms with Crippen LogP contribution in [-0.2, 0) is 7.05 Å². The maximum atomic E-state index is 15.2. The van der Waals surface area contributed by atoms with Crippen molar-refractivity contribution in [2.45, 2.75) is 63.3 Å². The number of hydrogen-bond acceptors (Lipinski definition) is 11. The molecular formula is C25H33F2N9O4. The summed E-state index contributed by atoms with van der Waals surface area (Å²) < 4.78 is 37.2. The Morgan fingerprint density at radius 1 is 1.25 bits per heavy atom. The second kappa shape index (κ2) is 11.1. The lowest BCUT2D eigenvalue weighted by Gasteiger charge is -2.47. The van der Waals surface area contributed by atoms with Crippen LogP contribution in [-0.4, -0.2) is 88.4 Å². The number of benzene rings is 1. The smallest absolute Gasteiger partial charge is 0.368 e. The summed E-state index contributed by atoms with van der Waals surface area (Å²) in [6, 6.07) is 2.66. The third-order valence-corrected chi connectivity index (χ3v) is 7.43. The zero-order valence-electron chi connectivity index (χ0n) is 22.5. The van der Waals surface area contributed by atoms with Gasteiger partial charge in [-0.15, -0.1) is 0 Å². The number of piperidine rings is 1. The van der Waals surface area contributed by atoms with E-state index in [0.717, 1.165) is 53.9 Å². The molecule has 0 spiro atoms. The number of aromatic nitrogens is 6. The van der Waals surface area contributed by atoms with Crippen LogP contribution in [0.15, 0.2) is 23.1 Å². The Labute approximate surface area is 228 Å². The lowest BCUT2D eigenvalue weighted by atomic mass is 9.84. The van der Waals surface area contributed by atoms with Crippen molar-refractivity contribution in [3.8, 4) is 11.4 Å². The summed E-state index contributed by atoms with van der Waals surface area (Å²) in [6.07, 6.45) is 3.72. The first-order valence-electron chi connectivity index (χ1n) is 13.1. The van der Waals surface area contributed by atoms with Gasteiger partial charge in [0.25, 0.3) is 0 Å². The number of aryl methyl sites for hydroxylation is 1. The van der Waals surface area contributed by atoms with Gasteiger partial charge < -0.3 is 25.6 Å². The first-order valence-corrected chi connectivity index (χ1v) is 13.1. The predicted molar refractivity (Wildman–Crippen MR) is 141 cm³/mol. The average Bonchev–Trinajstić information content (AvgIpc) is 3.52. The van der Waals surface area contributed by atoms with Gasteiger partial charge >= 0.3 is 5.69 Å². The number of rotatable bonds is 9. The topological polar surface area (TPSA) is 155 Å². The number of aliphatic hydroxyl groups is 2. The van der Waals surface area contributed by atoms with Crippen LogP contribution in [0.5, 0.6) is 5.75 Å². The summed E-state index contributed by atoms with van der Waals surface area (Å²) in [4.78, 5) is 23.3. The normalized spacial score (nSPS) is 21.2. The third kappa shape index (κ3) is 5.62. The molecule has 4 heterocycles. The molecule has 4 N–H and O–H groups in total. The number of aliphatic hydroxyl groups excluding tert-OH is 2. The quantitative estimate of drug-likeness (QED) is 0.299. The number of fused-ring (bicyclic) bond motifs is 1. The highest BCUT2D eigenvalue weighted by Gasteiger charge is 2.43. The molecule has 2 saturated heterocycles. The fraction of sp³-hybridized carbons (Fsp3) is 0.560. The molecule has 3 aromatic rings. The lowest BCUT2D eigenvalue weighted by Crippen LogP contribution is -2.55. The lowest BCUT2D eigenvalue weighted by molar-refractivity contribution is 0.0500. The summed E-state index contributed by atoms with van der Waals surface area (Å²) in [7, 11) is 1.39. The van der Waals surface area contributed by atoms with Crippen molar-refractivity contribution in [3.05, 3.63) is 40.4 Å². The van der Waals surface area contributed by atoms with Gasteiger partial charge in [0.1, 0.15) is 24.1 Å². The zero-order valence-corrected chi connectivity index (χ0v) is 22.5. The van der Waals surface area contributed by atoms with Gasteiger partial charge in [0.15, 0.2) is 17.5 Å². The van der Waals surface area contributed by atoms with Gasteiger partial charge in [-0.05, 0) is 62.6 Å². The minimum absolute atomic E-state index is 0.00386. The number of tetrazole rings is 1. The Morgan fingerprint density at radius 2 is 2.05 bits per heavy atom. The molecule has 2 aliphatic heterocycles. The molecule has 40 heavy (non-hydrogen) atoms. The highest BCUT2D eigenvalue weighted by Crippen LogP contribution is 2.38. The highest BCUT2D eigenvalue weighted by molar-refractivity contribution is 5.63. The molecule has 0 aliphatic carbocycles. The van der Waals surface area contributed by atoms with E-state index in [0.29, 0.717) is 6.04 Å². The molecule has 2 aliphatic rings. The van der Waals surface area contributed by atoms with Crippen molar-refractivity contribution in [1.29, 1.82) is 0 Å². The molecular weight excluding hydrogens is 528 g/mol. The number of halogens is 2. The molecule has 0 bridgehead atoms. The molecule has 1 unspecified atom stereocenters. The monoisotopic (exact) mass is 561 g/mol. The van der Waals surface area contributed by atoms with E-state index in [4.69, 9.17) is 9.84 Å². The van der Waals surface area contributed by atoms with E-state index in [1.807, 2.05) is 0 Å². The van der Waals surface area contributed by atoms with Crippen molar-refractivity contribution in [2.75, 3.05) is 30.4 Å². The van der Waals surface area contributed by atoms with Crippen molar-refractivity contribution >= 4 is 17.5 Å². The first-order chi connectivity index (χ1) is 19.1. The van der Waals surface area contributed by atoms with Gasteiger partial charge in [-0.2, -0.15) is 14.3 Å². The second-order valence-corrected chi connectivity index (χ2v) is 10.8. The van der Waals surface area contributed by atoms with Gasteiger partial charge in [0, 0.05) is 30.7 Å². The summed E-state index contributed by atoms with van der Waals surface area (Å²) in [6.45, 7) is 4.53. The van der Waals surface area contributed by atoms with Gasteiger partial charge in [0.2, 0.25) is 5.95 Å². The Morgan fingerprint density at radius 3 is 2.77 bits per heavy atom. The molecule has 0 radical (unpaired) electrons. The molecule has 5 rings (SSSR count). The van der Waals surface area contributed by atoms with E-state index in [1.54, 1.807) is 0 Å². The van der Waals surface area contributed by atoms with E-state index in [9.17, 15) is 14.3 Å². The van der Waals surface area contributed by atoms with Gasteiger partial charge in [0.05, 0.1) is 18.5 Å². The van der Waals surface area contributed by atoms with Crippen molar-refractivity contribution in [1.82, 2.24) is 34.7 Å². The number of hydrogen-bond donors (Lipinski definition) is 4. The molecule has 0 saturated carbocycles. The molecule has 216 valence electrons. The maximum Gasteiger partial charge on any atom is 0.368 e. The minimum Gasteiger partial charge on any atom is -0.488 e. The summed E-state index contributed by atoms with van der Waals surface area (Å²) in [5.41, 5.74) is -0.791. The Balaban J connectivity index is 1.41. The largest absolute Gasteiger partial charge is 0.488 e. The van der Waals surface area contributed by atoms with Crippen LogP contribution in [0.3, 0.4) is 0 Å². The first kappa shape index (κ1) is 27.9. The number of anilines is 3. The molecule has 15 heteroatoms. The highest BCUT2D eigenvalue weighted by atomic mass is 19.1. The predicted octanol–water partition coefficient (Wildman–Crippen LogP) is 1.33. The maximum absolute atomic E-state index is 15.2. The summed E-state index contributed by atoms with van der Waals surface area (Å²) in [5.74, 6) is -1.61. The van der Waals surface area contributed by atoms with Crippen LogP contribution in [0.4, 0.5) is 26.2 Å². The van der Waals surface area contributed by atoms with E-state index in [1.165, 1.54) is 13.1 Å². The Bertz CT molecular complexity index is 1430. The summed E-state index contributed by atoms with van der Waals surface area (Å²) >= 11 is 0. The summed E-state index contributed by atoms with van der Waals surface area (Å²) in [5, 5.41) is 32.2. The fourth-order valence-corrected chi connectivity index (χ4v) is 5.59. The fourth-order valence-electron chi connectivity index (χ4n) is 5.59. The standard InChI is InChI=1S/C25H33F2N9O4/c1-25(2)10-14(7-15-5-4-6-35(15)25)29-22-18(27)11-28-23(31-22)30-19-9-20(36-24(39)34(3)32-33-36)21(8-17(19)26)40-13-16(38)12-37/h8-9,11,14-16,37-38H,4-7,10,12-13H2,1-3H3,(H2,28,29,30,31)/t14-,15+,16?/m1/s1. The molecule has 2 aromatic heterocycles. The van der Waals surface area contributed by atoms with Crippen molar-refractivity contribution < 1.29 is 23.7 Å². The number of ether oxygens (including phenoxy) is 1. The van der Waals surface area contributed by atoms with Gasteiger partial charge in [-0.1, -0.05) is 0 Å². The Kier molecular flexibility index (Phi) is 7.70. The molecule has 2 fully saturated rings. The van der Waals surface area contributed by atoms with Crippen molar-refractivity contribution in [2.24, 2.45) is 7.05 Å². The average molecular weight is 562 g/mol. The van der Waals surface area contributed by atoms with Crippen molar-refractivity contribution in [3.63, 3.8) is 0 Å². The van der Waals surface area contributed by atoms with Crippen LogP contribution < -0.4 is 21.1 Å². The van der Waals surface area contributed by atoms with Gasteiger partial charge in [-0.25, -0.2) is 18.6 Å². The minimum atomic E-state index is -1.22. The van der Waals surface area contributed by atoms with E-state index in [-0.39, 0.29) is 47.1 Å². The van der Waals surface area contributed by atoms with E-state index < -0.39 is 30.0 Å². The molecule has 1 aromatic carbocycles. The second-order valence-electron chi connectivity index (χ2n) is 10.8. The van der Waals surface area contributed by atoms with Crippen LogP contribution in [0.1, 0.15) is 39.5 Å². The van der Waals surface area contributed by atoms with E-state index >= 15 is 4.39 Å². The van der Waals surface area contributed by atoms with Crippen LogP contribution in [0.2, 0.25) is 0 Å². The van der Waals surface area contributed by atoms with Crippen LogP contribution in [0.25, 0.3) is 5.69 Å². The molecule has 13 nitrogen and oxygen atoms in total. The Hall–Kier alpha value is -3.69. The van der Waals surface area contributed by atoms with Crippen LogP contribution in [0, 0.1) is 11.6 Å². The van der Waals surface area contributed by atoms with Crippen LogP contribution >= 0.6 is 0 Å². The third-order valence-electron chi connectivity index (χ3n) is 7.43. The number of nitrogens with zero attached hydrogens (tertiary/aromatic N) is 7. The molecule has 0 amide bonds. The zero-order chi connectivity index (χ0) is 28.6. The van der Waals surface area contributed by atoms with E-state index in [2.05, 4.69) is 49.8 Å². The molecule has 3 atom stereocenters. The number of nitrogens with one attached hydrogen (secondary N) is 2.